The fourth-order valence-electron chi connectivity index (χ4n) is 3.59. The highest BCUT2D eigenvalue weighted by Gasteiger charge is 2.25. The number of carbonyl (C=O) groups excluding carboxylic acids is 2. The molecule has 2 aromatic rings. The van der Waals surface area contributed by atoms with E-state index in [-0.39, 0.29) is 24.0 Å². The van der Waals surface area contributed by atoms with Crippen LogP contribution in [0.4, 0.5) is 4.79 Å². The Kier molecular flexibility index (Phi) is 7.56. The lowest BCUT2D eigenvalue weighted by Gasteiger charge is -2.34. The van der Waals surface area contributed by atoms with Crippen LogP contribution in [-0.2, 0) is 29.1 Å². The third kappa shape index (κ3) is 6.56. The molecular weight excluding hydrogens is 408 g/mol. The van der Waals surface area contributed by atoms with Crippen molar-refractivity contribution >= 4 is 11.9 Å². The summed E-state index contributed by atoms with van der Waals surface area (Å²) < 4.78 is 11.0. The van der Waals surface area contributed by atoms with Crippen LogP contribution in [0.5, 0.6) is 0 Å². The average molecular weight is 443 g/mol. The maximum Gasteiger partial charge on any atom is 0.317 e. The zero-order valence-corrected chi connectivity index (χ0v) is 19.7. The van der Waals surface area contributed by atoms with Crippen molar-refractivity contribution in [2.75, 3.05) is 26.2 Å². The molecule has 1 saturated heterocycles. The van der Waals surface area contributed by atoms with E-state index in [9.17, 15) is 9.59 Å². The van der Waals surface area contributed by atoms with E-state index >= 15 is 0 Å². The summed E-state index contributed by atoms with van der Waals surface area (Å²) in [5.41, 5.74) is 3.52. The molecule has 0 aliphatic carbocycles. The predicted molar refractivity (Wildman–Crippen MR) is 121 cm³/mol. The number of piperazine rings is 1. The lowest BCUT2D eigenvalue weighted by Crippen LogP contribution is -2.53. The lowest BCUT2D eigenvalue weighted by molar-refractivity contribution is -0.131. The minimum atomic E-state index is -0.194. The number of urea groups is 1. The Morgan fingerprint density at radius 2 is 1.75 bits per heavy atom. The topological polar surface area (TPSA) is 87.9 Å². The zero-order chi connectivity index (χ0) is 23.3. The minimum absolute atomic E-state index is 0.0359. The molecule has 1 aromatic heterocycles. The molecule has 1 aliphatic rings. The van der Waals surface area contributed by atoms with Crippen molar-refractivity contribution in [1.29, 1.82) is 0 Å². The van der Waals surface area contributed by atoms with Gasteiger partial charge in [-0.15, -0.1) is 0 Å². The lowest BCUT2D eigenvalue weighted by atomic mass is 10.1. The molecule has 3 amide bonds. The van der Waals surface area contributed by atoms with E-state index in [4.69, 9.17) is 9.26 Å². The Morgan fingerprint density at radius 1 is 1.09 bits per heavy atom. The molecule has 32 heavy (non-hydrogen) atoms. The number of rotatable bonds is 6. The summed E-state index contributed by atoms with van der Waals surface area (Å²) in [6, 6.07) is 7.94. The van der Waals surface area contributed by atoms with E-state index < -0.39 is 0 Å². The van der Waals surface area contributed by atoms with E-state index in [0.717, 1.165) is 22.4 Å². The molecule has 0 radical (unpaired) electrons. The fourth-order valence-corrected chi connectivity index (χ4v) is 3.59. The number of amides is 3. The largest absolute Gasteiger partial charge is 0.371 e. The fraction of sp³-hybridized carbons (Fsp3) is 0.542. The summed E-state index contributed by atoms with van der Waals surface area (Å²) in [6.07, 6.45) is 0.280. The van der Waals surface area contributed by atoms with E-state index in [2.05, 4.69) is 16.5 Å². The number of ether oxygens (including phenoxy) is 1. The van der Waals surface area contributed by atoms with E-state index in [1.54, 1.807) is 9.80 Å². The second-order valence-electron chi connectivity index (χ2n) is 9.23. The Labute approximate surface area is 189 Å². The summed E-state index contributed by atoms with van der Waals surface area (Å²) in [7, 11) is 0. The first-order valence-corrected chi connectivity index (χ1v) is 11.1. The number of aromatic nitrogens is 1. The normalized spacial score (nSPS) is 14.5. The van der Waals surface area contributed by atoms with Gasteiger partial charge in [0.2, 0.25) is 5.91 Å². The quantitative estimate of drug-likeness (QED) is 0.742. The molecule has 3 rings (SSSR count). The van der Waals surface area contributed by atoms with Crippen LogP contribution in [-0.4, -0.2) is 58.7 Å². The van der Waals surface area contributed by atoms with Gasteiger partial charge in [-0.2, -0.15) is 0 Å². The van der Waals surface area contributed by atoms with Crippen LogP contribution < -0.4 is 5.32 Å². The Morgan fingerprint density at radius 3 is 2.38 bits per heavy atom. The molecule has 8 heteroatoms. The SMILES string of the molecule is Cc1noc(C)c1CC(=O)N1CCN(C(=O)NCc2cccc(COC(C)(C)C)c2)CC1. The zero-order valence-electron chi connectivity index (χ0n) is 19.7. The van der Waals surface area contributed by atoms with Gasteiger partial charge >= 0.3 is 6.03 Å². The van der Waals surface area contributed by atoms with Gasteiger partial charge in [-0.1, -0.05) is 29.4 Å². The number of hydrogen-bond donors (Lipinski definition) is 1. The smallest absolute Gasteiger partial charge is 0.317 e. The number of aryl methyl sites for hydroxylation is 2. The maximum absolute atomic E-state index is 12.6. The predicted octanol–water partition coefficient (Wildman–Crippen LogP) is 3.20. The molecule has 0 bridgehead atoms. The molecule has 0 spiro atoms. The molecule has 174 valence electrons. The number of carbonyl (C=O) groups is 2. The number of nitrogens with zero attached hydrogens (tertiary/aromatic N) is 3. The second-order valence-corrected chi connectivity index (χ2v) is 9.23. The Bertz CT molecular complexity index is 920. The number of nitrogens with one attached hydrogen (secondary N) is 1. The summed E-state index contributed by atoms with van der Waals surface area (Å²) in [5, 5.41) is 6.89. The van der Waals surface area contributed by atoms with Crippen LogP contribution in [0, 0.1) is 13.8 Å². The second kappa shape index (κ2) is 10.2. The summed E-state index contributed by atoms with van der Waals surface area (Å²) in [5.74, 6) is 0.719. The third-order valence-electron chi connectivity index (χ3n) is 5.54. The van der Waals surface area contributed by atoms with Gasteiger partial charge in [0.15, 0.2) is 0 Å². The van der Waals surface area contributed by atoms with Crippen molar-refractivity contribution in [1.82, 2.24) is 20.3 Å². The van der Waals surface area contributed by atoms with Gasteiger partial charge < -0.3 is 24.4 Å². The van der Waals surface area contributed by atoms with Crippen molar-refractivity contribution < 1.29 is 18.8 Å². The molecule has 1 aliphatic heterocycles. The van der Waals surface area contributed by atoms with Gasteiger partial charge in [-0.05, 0) is 45.7 Å². The van der Waals surface area contributed by atoms with E-state index in [1.807, 2.05) is 52.8 Å². The van der Waals surface area contributed by atoms with Gasteiger partial charge in [-0.25, -0.2) is 4.79 Å². The van der Waals surface area contributed by atoms with Crippen molar-refractivity contribution in [3.05, 3.63) is 52.4 Å². The standard InChI is InChI=1S/C24H34N4O4/c1-17-21(18(2)32-26-17)14-22(29)27-9-11-28(12-10-27)23(30)25-15-19-7-6-8-20(13-19)16-31-24(3,4)5/h6-8,13H,9-12,14-16H2,1-5H3,(H,25,30). The molecule has 0 atom stereocenters. The molecule has 0 saturated carbocycles. The monoisotopic (exact) mass is 442 g/mol. The van der Waals surface area contributed by atoms with Gasteiger partial charge in [0, 0.05) is 38.3 Å². The third-order valence-corrected chi connectivity index (χ3v) is 5.54. The molecule has 1 N–H and O–H groups in total. The van der Waals surface area contributed by atoms with E-state index in [1.165, 1.54) is 0 Å². The highest BCUT2D eigenvalue weighted by molar-refractivity contribution is 5.80. The van der Waals surface area contributed by atoms with Crippen LogP contribution in [0.25, 0.3) is 0 Å². The van der Waals surface area contributed by atoms with Crippen LogP contribution in [0.2, 0.25) is 0 Å². The van der Waals surface area contributed by atoms with E-state index in [0.29, 0.717) is 45.1 Å². The van der Waals surface area contributed by atoms with Gasteiger partial charge in [0.05, 0.1) is 24.3 Å². The van der Waals surface area contributed by atoms with Crippen LogP contribution >= 0.6 is 0 Å². The molecule has 8 nitrogen and oxygen atoms in total. The highest BCUT2D eigenvalue weighted by atomic mass is 16.5. The minimum Gasteiger partial charge on any atom is -0.371 e. The van der Waals surface area contributed by atoms with Crippen molar-refractivity contribution in [3.63, 3.8) is 0 Å². The average Bonchev–Trinajstić information content (AvgIpc) is 3.08. The number of hydrogen-bond acceptors (Lipinski definition) is 5. The van der Waals surface area contributed by atoms with Gasteiger partial charge in [0.1, 0.15) is 5.76 Å². The van der Waals surface area contributed by atoms with Crippen LogP contribution in [0.1, 0.15) is 48.9 Å². The van der Waals surface area contributed by atoms with Crippen LogP contribution in [0.15, 0.2) is 28.8 Å². The first-order chi connectivity index (χ1) is 15.1. The van der Waals surface area contributed by atoms with Gasteiger partial charge in [0.25, 0.3) is 0 Å². The molecule has 1 aromatic carbocycles. The first kappa shape index (κ1) is 23.8. The molecule has 1 fully saturated rings. The van der Waals surface area contributed by atoms with Gasteiger partial charge in [-0.3, -0.25) is 4.79 Å². The highest BCUT2D eigenvalue weighted by Crippen LogP contribution is 2.16. The summed E-state index contributed by atoms with van der Waals surface area (Å²) >= 11 is 0. The van der Waals surface area contributed by atoms with Crippen molar-refractivity contribution in [2.45, 2.75) is 59.8 Å². The first-order valence-electron chi connectivity index (χ1n) is 11.1. The Balaban J connectivity index is 1.44. The number of benzene rings is 1. The molecule has 0 unspecified atom stereocenters. The van der Waals surface area contributed by atoms with Crippen molar-refractivity contribution in [3.8, 4) is 0 Å². The summed E-state index contributed by atoms with van der Waals surface area (Å²) in [4.78, 5) is 28.8. The molecule has 2 heterocycles. The maximum atomic E-state index is 12.6. The van der Waals surface area contributed by atoms with Crippen LogP contribution in [0.3, 0.4) is 0 Å². The summed E-state index contributed by atoms with van der Waals surface area (Å²) in [6.45, 7) is 12.8. The van der Waals surface area contributed by atoms with Crippen molar-refractivity contribution in [2.24, 2.45) is 0 Å². The Hall–Kier alpha value is -2.87. The molecular formula is C24H34N4O4.